The lowest BCUT2D eigenvalue weighted by atomic mass is 10.1. The van der Waals surface area contributed by atoms with E-state index in [0.717, 1.165) is 17.4 Å². The minimum Gasteiger partial charge on any atom is -0.326 e. The number of hydrogen-bond acceptors (Lipinski definition) is 4. The Bertz CT molecular complexity index is 916. The molecule has 0 atom stereocenters. The van der Waals surface area contributed by atoms with E-state index in [2.05, 4.69) is 5.32 Å². The molecule has 7 heteroatoms. The first-order valence-corrected chi connectivity index (χ1v) is 9.94. The smallest absolute Gasteiger partial charge is 0.225 e. The van der Waals surface area contributed by atoms with Gasteiger partial charge in [-0.1, -0.05) is 24.3 Å². The first kappa shape index (κ1) is 19.6. The average Bonchev–Trinajstić information content (AvgIpc) is 2.59. The Morgan fingerprint density at radius 2 is 1.81 bits per heavy atom. The second-order valence-electron chi connectivity index (χ2n) is 6.01. The molecule has 1 amide bonds. The third kappa shape index (κ3) is 5.69. The molecule has 0 aliphatic heterocycles. The van der Waals surface area contributed by atoms with Crippen molar-refractivity contribution in [1.82, 2.24) is 4.31 Å². The van der Waals surface area contributed by atoms with Gasteiger partial charge in [0.2, 0.25) is 15.9 Å². The zero-order chi connectivity index (χ0) is 19.2. The molecule has 2 aromatic carbocycles. The van der Waals surface area contributed by atoms with Gasteiger partial charge in [0.15, 0.2) is 0 Å². The van der Waals surface area contributed by atoms with Gasteiger partial charge >= 0.3 is 0 Å². The summed E-state index contributed by atoms with van der Waals surface area (Å²) in [6.07, 6.45) is 1.18. The summed E-state index contributed by atoms with van der Waals surface area (Å²) in [5, 5.41) is 11.5. The van der Waals surface area contributed by atoms with E-state index in [1.165, 1.54) is 4.31 Å². The van der Waals surface area contributed by atoms with E-state index in [9.17, 15) is 13.2 Å². The van der Waals surface area contributed by atoms with Crippen LogP contribution in [0.3, 0.4) is 0 Å². The van der Waals surface area contributed by atoms with Crippen molar-refractivity contribution in [1.29, 1.82) is 5.26 Å². The third-order valence-corrected chi connectivity index (χ3v) is 5.21. The molecular weight excluding hydrogens is 350 g/mol. The Morgan fingerprint density at radius 3 is 2.38 bits per heavy atom. The van der Waals surface area contributed by atoms with Crippen LogP contribution in [-0.2, 0) is 21.4 Å². The van der Waals surface area contributed by atoms with Crippen molar-refractivity contribution in [2.75, 3.05) is 18.1 Å². The largest absolute Gasteiger partial charge is 0.326 e. The molecule has 136 valence electrons. The molecule has 2 rings (SSSR count). The molecule has 0 unspecified atom stereocenters. The predicted octanol–water partition coefficient (Wildman–Crippen LogP) is 2.66. The molecule has 0 saturated heterocycles. The Labute approximate surface area is 154 Å². The Morgan fingerprint density at radius 1 is 1.15 bits per heavy atom. The molecule has 0 aliphatic carbocycles. The van der Waals surface area contributed by atoms with E-state index < -0.39 is 10.0 Å². The summed E-state index contributed by atoms with van der Waals surface area (Å²) in [5.41, 5.74) is 2.98. The number of carbonyl (C=O) groups excluding carboxylic acids is 1. The lowest BCUT2D eigenvalue weighted by Gasteiger charge is -2.20. The van der Waals surface area contributed by atoms with Gasteiger partial charge in [0, 0.05) is 25.2 Å². The summed E-state index contributed by atoms with van der Waals surface area (Å²) in [6, 6.07) is 16.1. The van der Waals surface area contributed by atoms with Gasteiger partial charge < -0.3 is 5.32 Å². The molecule has 2 aromatic rings. The van der Waals surface area contributed by atoms with Gasteiger partial charge in [0.25, 0.3) is 0 Å². The highest BCUT2D eigenvalue weighted by Gasteiger charge is 2.19. The van der Waals surface area contributed by atoms with Crippen molar-refractivity contribution in [3.8, 4) is 6.07 Å². The van der Waals surface area contributed by atoms with E-state index in [1.807, 2.05) is 37.3 Å². The number of hydrogen-bond donors (Lipinski definition) is 1. The highest BCUT2D eigenvalue weighted by Crippen LogP contribution is 2.14. The highest BCUT2D eigenvalue weighted by atomic mass is 32.2. The van der Waals surface area contributed by atoms with E-state index in [0.29, 0.717) is 11.3 Å². The summed E-state index contributed by atoms with van der Waals surface area (Å²) < 4.78 is 25.4. The van der Waals surface area contributed by atoms with Crippen LogP contribution in [0.25, 0.3) is 0 Å². The molecule has 0 saturated carbocycles. The van der Waals surface area contributed by atoms with Gasteiger partial charge in [-0.15, -0.1) is 0 Å². The van der Waals surface area contributed by atoms with Crippen LogP contribution in [0, 0.1) is 18.3 Å². The Hall–Kier alpha value is -2.69. The number of rotatable bonds is 7. The van der Waals surface area contributed by atoms with Crippen molar-refractivity contribution < 1.29 is 13.2 Å². The van der Waals surface area contributed by atoms with E-state index in [-0.39, 0.29) is 25.4 Å². The predicted molar refractivity (Wildman–Crippen MR) is 101 cm³/mol. The summed E-state index contributed by atoms with van der Waals surface area (Å²) in [5.74, 6) is -0.284. The van der Waals surface area contributed by atoms with Gasteiger partial charge in [0.1, 0.15) is 0 Å². The lowest BCUT2D eigenvalue weighted by molar-refractivity contribution is -0.116. The molecule has 0 radical (unpaired) electrons. The fraction of sp³-hybridized carbons (Fsp3) is 0.263. The number of nitriles is 1. The molecule has 26 heavy (non-hydrogen) atoms. The maximum Gasteiger partial charge on any atom is 0.225 e. The van der Waals surface area contributed by atoms with Crippen molar-refractivity contribution in [2.24, 2.45) is 0 Å². The van der Waals surface area contributed by atoms with Crippen LogP contribution >= 0.6 is 0 Å². The van der Waals surface area contributed by atoms with Crippen LogP contribution in [0.2, 0.25) is 0 Å². The third-order valence-electron chi connectivity index (χ3n) is 3.96. The topological polar surface area (TPSA) is 90.3 Å². The standard InChI is InChI=1S/C19H21N3O3S/c1-15-5-3-4-6-17(15)14-22(26(2,24)25)12-11-19(23)21-18-9-7-16(13-20)8-10-18/h3-10H,11-12,14H2,1-2H3,(H,21,23). The first-order valence-electron chi connectivity index (χ1n) is 8.09. The van der Waals surface area contributed by atoms with Gasteiger partial charge in [0.05, 0.1) is 17.9 Å². The Balaban J connectivity index is 1.99. The normalized spacial score (nSPS) is 11.2. The molecule has 6 nitrogen and oxygen atoms in total. The van der Waals surface area contributed by atoms with Crippen molar-refractivity contribution in [2.45, 2.75) is 19.9 Å². The fourth-order valence-electron chi connectivity index (χ4n) is 2.42. The maximum absolute atomic E-state index is 12.1. The van der Waals surface area contributed by atoms with E-state index >= 15 is 0 Å². The van der Waals surface area contributed by atoms with Crippen LogP contribution < -0.4 is 5.32 Å². The summed E-state index contributed by atoms with van der Waals surface area (Å²) in [6.45, 7) is 2.25. The molecule has 0 bridgehead atoms. The monoisotopic (exact) mass is 371 g/mol. The molecule has 0 heterocycles. The lowest BCUT2D eigenvalue weighted by Crippen LogP contribution is -2.32. The molecule has 0 fully saturated rings. The van der Waals surface area contributed by atoms with E-state index in [1.54, 1.807) is 24.3 Å². The number of anilines is 1. The van der Waals surface area contributed by atoms with Crippen LogP contribution in [0.15, 0.2) is 48.5 Å². The molecule has 1 N–H and O–H groups in total. The van der Waals surface area contributed by atoms with Crippen molar-refractivity contribution in [3.63, 3.8) is 0 Å². The average molecular weight is 371 g/mol. The number of carbonyl (C=O) groups is 1. The SMILES string of the molecule is Cc1ccccc1CN(CCC(=O)Nc1ccc(C#N)cc1)S(C)(=O)=O. The summed E-state index contributed by atoms with van der Waals surface area (Å²) >= 11 is 0. The molecule has 0 spiro atoms. The fourth-order valence-corrected chi connectivity index (χ4v) is 3.21. The van der Waals surface area contributed by atoms with Crippen LogP contribution in [-0.4, -0.2) is 31.4 Å². The summed E-state index contributed by atoms with van der Waals surface area (Å²) in [4.78, 5) is 12.1. The number of sulfonamides is 1. The molecular formula is C19H21N3O3S. The van der Waals surface area contributed by atoms with Crippen molar-refractivity contribution in [3.05, 3.63) is 65.2 Å². The number of nitrogens with zero attached hydrogens (tertiary/aromatic N) is 2. The van der Waals surface area contributed by atoms with Crippen LogP contribution in [0.5, 0.6) is 0 Å². The quantitative estimate of drug-likeness (QED) is 0.810. The number of nitrogens with one attached hydrogen (secondary N) is 1. The highest BCUT2D eigenvalue weighted by molar-refractivity contribution is 7.88. The molecule has 0 aromatic heterocycles. The number of amides is 1. The van der Waals surface area contributed by atoms with Gasteiger partial charge in [-0.05, 0) is 42.3 Å². The zero-order valence-corrected chi connectivity index (χ0v) is 15.6. The number of benzene rings is 2. The zero-order valence-electron chi connectivity index (χ0n) is 14.8. The maximum atomic E-state index is 12.1. The van der Waals surface area contributed by atoms with Crippen LogP contribution in [0.1, 0.15) is 23.1 Å². The number of aryl methyl sites for hydroxylation is 1. The van der Waals surface area contributed by atoms with Gasteiger partial charge in [-0.25, -0.2) is 8.42 Å². The van der Waals surface area contributed by atoms with Gasteiger partial charge in [-0.3, -0.25) is 4.79 Å². The first-order chi connectivity index (χ1) is 12.3. The second-order valence-corrected chi connectivity index (χ2v) is 7.99. The Kier molecular flexibility index (Phi) is 6.50. The van der Waals surface area contributed by atoms with Crippen molar-refractivity contribution >= 4 is 21.6 Å². The molecule has 0 aliphatic rings. The van der Waals surface area contributed by atoms with Gasteiger partial charge in [-0.2, -0.15) is 9.57 Å². The minimum absolute atomic E-state index is 0.0406. The second kappa shape index (κ2) is 8.61. The minimum atomic E-state index is -3.44. The summed E-state index contributed by atoms with van der Waals surface area (Å²) in [7, 11) is -3.44. The van der Waals surface area contributed by atoms with E-state index in [4.69, 9.17) is 5.26 Å². The van der Waals surface area contributed by atoms with Crippen LogP contribution in [0.4, 0.5) is 5.69 Å².